The zero-order valence-electron chi connectivity index (χ0n) is 16.5. The van der Waals surface area contributed by atoms with Crippen LogP contribution < -0.4 is 9.47 Å². The van der Waals surface area contributed by atoms with E-state index in [2.05, 4.69) is 5.92 Å². The number of methoxy groups -OCH3 is 1. The number of aliphatic hydroxyl groups is 1. The summed E-state index contributed by atoms with van der Waals surface area (Å²) in [6.07, 6.45) is 10.6. The topological polar surface area (TPSA) is 93.1 Å². The number of rotatable bonds is 10. The lowest BCUT2D eigenvalue weighted by Gasteiger charge is -2.09. The maximum absolute atomic E-state index is 12.1. The number of phenols is 1. The molecule has 0 aliphatic carbocycles. The molecule has 0 aliphatic heterocycles. The fraction of sp³-hybridized carbons (Fsp3) is 0.167. The van der Waals surface area contributed by atoms with Crippen molar-refractivity contribution in [2.24, 2.45) is 0 Å². The van der Waals surface area contributed by atoms with Crippen molar-refractivity contribution in [3.63, 3.8) is 0 Å². The highest BCUT2D eigenvalue weighted by atomic mass is 16.5. The first-order valence-corrected chi connectivity index (χ1v) is 9.05. The second-order valence-electron chi connectivity index (χ2n) is 6.23. The van der Waals surface area contributed by atoms with Crippen LogP contribution >= 0.6 is 0 Å². The fourth-order valence-corrected chi connectivity index (χ4v) is 2.53. The number of aliphatic hydroxyl groups excluding tert-OH is 1. The Morgan fingerprint density at radius 3 is 2.27 bits per heavy atom. The summed E-state index contributed by atoms with van der Waals surface area (Å²) in [6, 6.07) is 9.72. The van der Waals surface area contributed by atoms with Gasteiger partial charge < -0.3 is 19.7 Å². The van der Waals surface area contributed by atoms with Gasteiger partial charge in [-0.15, -0.1) is 6.42 Å². The first kappa shape index (κ1) is 22.5. The minimum Gasteiger partial charge on any atom is -0.508 e. The maximum Gasteiger partial charge on any atom is 0.163 e. The first-order valence-electron chi connectivity index (χ1n) is 9.05. The van der Waals surface area contributed by atoms with E-state index in [-0.39, 0.29) is 37.0 Å². The third-order valence-corrected chi connectivity index (χ3v) is 4.04. The highest BCUT2D eigenvalue weighted by Crippen LogP contribution is 2.28. The zero-order chi connectivity index (χ0) is 21.9. The van der Waals surface area contributed by atoms with Crippen LogP contribution in [0, 0.1) is 12.3 Å². The molecule has 6 heteroatoms. The summed E-state index contributed by atoms with van der Waals surface area (Å²) in [6.45, 7) is -0.197. The molecular weight excluding hydrogens is 384 g/mol. The monoisotopic (exact) mass is 406 g/mol. The van der Waals surface area contributed by atoms with Crippen LogP contribution in [-0.4, -0.2) is 35.5 Å². The largest absolute Gasteiger partial charge is 0.508 e. The number of hydrogen-bond donors (Lipinski definition) is 2. The summed E-state index contributed by atoms with van der Waals surface area (Å²) in [5.41, 5.74) is 1.69. The predicted molar refractivity (Wildman–Crippen MR) is 114 cm³/mol. The smallest absolute Gasteiger partial charge is 0.163 e. The van der Waals surface area contributed by atoms with E-state index in [1.807, 2.05) is 0 Å². The Bertz CT molecular complexity index is 1010. The molecule has 6 nitrogen and oxygen atoms in total. The van der Waals surface area contributed by atoms with E-state index in [9.17, 15) is 14.7 Å². The van der Waals surface area contributed by atoms with Gasteiger partial charge in [0.05, 0.1) is 20.1 Å². The van der Waals surface area contributed by atoms with Crippen LogP contribution in [0.3, 0.4) is 0 Å². The van der Waals surface area contributed by atoms with E-state index in [4.69, 9.17) is 21.0 Å². The van der Waals surface area contributed by atoms with Gasteiger partial charge in [-0.1, -0.05) is 30.2 Å². The molecule has 2 N–H and O–H groups in total. The lowest BCUT2D eigenvalue weighted by molar-refractivity contribution is -0.121. The van der Waals surface area contributed by atoms with Crippen LogP contribution in [0.2, 0.25) is 0 Å². The molecule has 0 saturated heterocycles. The van der Waals surface area contributed by atoms with Crippen molar-refractivity contribution >= 4 is 23.7 Å². The Morgan fingerprint density at radius 2 is 1.67 bits per heavy atom. The number of allylic oxidation sites excluding steroid dienone is 2. The minimum atomic E-state index is -0.362. The number of ether oxygens (including phenoxy) is 2. The summed E-state index contributed by atoms with van der Waals surface area (Å²) in [5, 5.41) is 18.7. The average Bonchev–Trinajstić information content (AvgIpc) is 2.75. The number of hydrogen-bond acceptors (Lipinski definition) is 6. The van der Waals surface area contributed by atoms with Gasteiger partial charge in [-0.25, -0.2) is 0 Å². The molecule has 0 spiro atoms. The summed E-state index contributed by atoms with van der Waals surface area (Å²) in [5.74, 6) is 2.62. The highest BCUT2D eigenvalue weighted by Gasteiger charge is 2.07. The van der Waals surface area contributed by atoms with Crippen molar-refractivity contribution in [2.75, 3.05) is 13.7 Å². The van der Waals surface area contributed by atoms with Crippen molar-refractivity contribution in [2.45, 2.75) is 13.0 Å². The zero-order valence-corrected chi connectivity index (χ0v) is 16.5. The number of benzene rings is 2. The molecule has 0 aliphatic rings. The molecule has 0 atom stereocenters. The fourth-order valence-electron chi connectivity index (χ4n) is 2.53. The van der Waals surface area contributed by atoms with E-state index in [0.29, 0.717) is 28.2 Å². The van der Waals surface area contributed by atoms with Crippen LogP contribution in [0.25, 0.3) is 12.2 Å². The third kappa shape index (κ3) is 6.66. The molecule has 2 rings (SSSR count). The van der Waals surface area contributed by atoms with E-state index in [1.54, 1.807) is 36.4 Å². The van der Waals surface area contributed by atoms with Crippen molar-refractivity contribution in [3.05, 3.63) is 65.2 Å². The van der Waals surface area contributed by atoms with Gasteiger partial charge in [0.15, 0.2) is 23.1 Å². The molecule has 2 aromatic rings. The standard InChI is InChI=1S/C24H22O6/c1-3-12-30-23-11-7-18(14-24(23)29-2)5-9-21(27)15-20(26)8-4-17-6-10-22(28)19(13-17)16-25/h1,4-11,13-14,25,28H,12,15-16H2,2H3/b8-4-,9-5-. The summed E-state index contributed by atoms with van der Waals surface area (Å²) in [7, 11) is 1.50. The Balaban J connectivity index is 1.97. The van der Waals surface area contributed by atoms with Crippen molar-refractivity contribution in [1.82, 2.24) is 0 Å². The molecule has 0 aromatic heterocycles. The summed E-state index contributed by atoms with van der Waals surface area (Å²) < 4.78 is 10.6. The first-order chi connectivity index (χ1) is 14.5. The molecule has 30 heavy (non-hydrogen) atoms. The van der Waals surface area contributed by atoms with E-state index in [1.165, 1.54) is 31.4 Å². The Morgan fingerprint density at radius 1 is 1.03 bits per heavy atom. The molecule has 0 bridgehead atoms. The second-order valence-corrected chi connectivity index (χ2v) is 6.23. The minimum absolute atomic E-state index is 0.0198. The van der Waals surface area contributed by atoms with Gasteiger partial charge in [0, 0.05) is 5.56 Å². The average molecular weight is 406 g/mol. The molecule has 154 valence electrons. The summed E-state index contributed by atoms with van der Waals surface area (Å²) in [4.78, 5) is 24.1. The van der Waals surface area contributed by atoms with Gasteiger partial charge in [-0.2, -0.15) is 0 Å². The van der Waals surface area contributed by atoms with E-state index < -0.39 is 0 Å². The van der Waals surface area contributed by atoms with Crippen molar-refractivity contribution in [3.8, 4) is 29.6 Å². The molecule has 0 heterocycles. The maximum atomic E-state index is 12.1. The van der Waals surface area contributed by atoms with E-state index >= 15 is 0 Å². The number of terminal acetylenes is 1. The predicted octanol–water partition coefficient (Wildman–Crippen LogP) is 3.16. The van der Waals surface area contributed by atoms with Gasteiger partial charge in [0.1, 0.15) is 12.4 Å². The number of carbonyl (C=O) groups excluding carboxylic acids is 2. The van der Waals surface area contributed by atoms with Crippen LogP contribution in [0.15, 0.2) is 48.6 Å². The number of carbonyl (C=O) groups is 2. The molecule has 0 amide bonds. The van der Waals surface area contributed by atoms with Crippen molar-refractivity contribution < 1.29 is 29.3 Å². The van der Waals surface area contributed by atoms with Gasteiger partial charge in [-0.3, -0.25) is 9.59 Å². The molecular formula is C24H22O6. The van der Waals surface area contributed by atoms with Gasteiger partial charge in [0.2, 0.25) is 0 Å². The van der Waals surface area contributed by atoms with Gasteiger partial charge >= 0.3 is 0 Å². The van der Waals surface area contributed by atoms with Crippen LogP contribution in [0.1, 0.15) is 23.1 Å². The lowest BCUT2D eigenvalue weighted by Crippen LogP contribution is -2.02. The lowest BCUT2D eigenvalue weighted by atomic mass is 10.1. The molecule has 2 aromatic carbocycles. The SMILES string of the molecule is C#CCOc1ccc(/C=C\C(=O)CC(=O)/C=C\c2ccc(O)c(CO)c2)cc1OC. The third-order valence-electron chi connectivity index (χ3n) is 4.04. The van der Waals surface area contributed by atoms with Crippen molar-refractivity contribution in [1.29, 1.82) is 0 Å². The number of aromatic hydroxyl groups is 1. The van der Waals surface area contributed by atoms with Crippen LogP contribution in [0.4, 0.5) is 0 Å². The molecule has 0 radical (unpaired) electrons. The van der Waals surface area contributed by atoms with E-state index in [0.717, 1.165) is 0 Å². The van der Waals surface area contributed by atoms with Gasteiger partial charge in [-0.05, 0) is 47.5 Å². The molecule has 0 fully saturated rings. The van der Waals surface area contributed by atoms with Crippen LogP contribution in [-0.2, 0) is 16.2 Å². The Labute approximate surface area is 175 Å². The molecule has 0 unspecified atom stereocenters. The van der Waals surface area contributed by atoms with Crippen LogP contribution in [0.5, 0.6) is 17.2 Å². The van der Waals surface area contributed by atoms with Gasteiger partial charge in [0.25, 0.3) is 0 Å². The quantitative estimate of drug-likeness (QED) is 0.358. The Kier molecular flexibility index (Phi) is 8.42. The normalized spacial score (nSPS) is 10.8. The Hall–Kier alpha value is -3.82. The second kappa shape index (κ2) is 11.2. The molecule has 0 saturated carbocycles. The highest BCUT2D eigenvalue weighted by molar-refractivity contribution is 6.10. The summed E-state index contributed by atoms with van der Waals surface area (Å²) >= 11 is 0. The number of ketones is 2.